The van der Waals surface area contributed by atoms with E-state index in [0.29, 0.717) is 29.4 Å². The van der Waals surface area contributed by atoms with Gasteiger partial charge in [-0.3, -0.25) is 0 Å². The third-order valence-electron chi connectivity index (χ3n) is 3.05. The standard InChI is InChI=1S/C16H14BrCl2FO/c1-2-21-16-7-6-10(17)8-12(16)14(19)9-11-13(18)4-3-5-15(11)20/h3-8,14H,2,9H2,1H3. The summed E-state index contributed by atoms with van der Waals surface area (Å²) in [5.41, 5.74) is 1.23. The Hall–Kier alpha value is -0.770. The number of halogens is 4. The minimum absolute atomic E-state index is 0.295. The predicted molar refractivity (Wildman–Crippen MR) is 89.0 cm³/mol. The van der Waals surface area contributed by atoms with E-state index in [-0.39, 0.29) is 5.82 Å². The minimum Gasteiger partial charge on any atom is -0.494 e. The van der Waals surface area contributed by atoms with Gasteiger partial charge in [-0.2, -0.15) is 0 Å². The van der Waals surface area contributed by atoms with E-state index in [4.69, 9.17) is 27.9 Å². The normalized spacial score (nSPS) is 12.2. The van der Waals surface area contributed by atoms with Crippen molar-refractivity contribution in [3.05, 3.63) is 62.8 Å². The Morgan fingerprint density at radius 2 is 2.05 bits per heavy atom. The van der Waals surface area contributed by atoms with Crippen LogP contribution in [0.25, 0.3) is 0 Å². The lowest BCUT2D eigenvalue weighted by atomic mass is 10.0. The summed E-state index contributed by atoms with van der Waals surface area (Å²) >= 11 is 15.9. The molecule has 1 atom stereocenters. The van der Waals surface area contributed by atoms with Crippen molar-refractivity contribution in [3.8, 4) is 5.75 Å². The summed E-state index contributed by atoms with van der Waals surface area (Å²) in [4.78, 5) is 0. The van der Waals surface area contributed by atoms with Gasteiger partial charge in [0.05, 0.1) is 12.0 Å². The highest BCUT2D eigenvalue weighted by Crippen LogP contribution is 2.36. The summed E-state index contributed by atoms with van der Waals surface area (Å²) in [5, 5.41) is -0.0490. The van der Waals surface area contributed by atoms with Gasteiger partial charge in [0, 0.05) is 20.6 Å². The van der Waals surface area contributed by atoms with Crippen molar-refractivity contribution in [1.82, 2.24) is 0 Å². The fourth-order valence-electron chi connectivity index (χ4n) is 2.07. The second-order valence-corrected chi connectivity index (χ2v) is 6.34. The minimum atomic E-state index is -0.432. The molecule has 21 heavy (non-hydrogen) atoms. The molecule has 2 rings (SSSR count). The highest BCUT2D eigenvalue weighted by atomic mass is 79.9. The molecule has 2 aromatic carbocycles. The SMILES string of the molecule is CCOc1ccc(Br)cc1C(Cl)Cc1c(F)cccc1Cl. The molecule has 0 heterocycles. The smallest absolute Gasteiger partial charge is 0.127 e. The van der Waals surface area contributed by atoms with Crippen molar-refractivity contribution < 1.29 is 9.13 Å². The van der Waals surface area contributed by atoms with E-state index in [1.54, 1.807) is 12.1 Å². The molecule has 0 saturated carbocycles. The van der Waals surface area contributed by atoms with E-state index in [1.807, 2.05) is 25.1 Å². The molecule has 2 aromatic rings. The van der Waals surface area contributed by atoms with Crippen molar-refractivity contribution in [2.45, 2.75) is 18.7 Å². The van der Waals surface area contributed by atoms with Crippen LogP contribution in [0.4, 0.5) is 4.39 Å². The van der Waals surface area contributed by atoms with E-state index in [2.05, 4.69) is 15.9 Å². The van der Waals surface area contributed by atoms with Crippen LogP contribution < -0.4 is 4.74 Å². The first-order valence-electron chi connectivity index (χ1n) is 6.52. The van der Waals surface area contributed by atoms with E-state index in [0.717, 1.165) is 10.0 Å². The molecule has 1 nitrogen and oxygen atoms in total. The molecular weight excluding hydrogens is 378 g/mol. The molecule has 5 heteroatoms. The molecule has 0 aliphatic rings. The summed E-state index contributed by atoms with van der Waals surface area (Å²) in [6, 6.07) is 10.2. The maximum Gasteiger partial charge on any atom is 0.127 e. The van der Waals surface area contributed by atoms with Gasteiger partial charge in [-0.05, 0) is 43.7 Å². The Balaban J connectivity index is 2.32. The van der Waals surface area contributed by atoms with Crippen LogP contribution in [0.5, 0.6) is 5.75 Å². The molecule has 0 amide bonds. The molecule has 0 fully saturated rings. The van der Waals surface area contributed by atoms with Crippen LogP contribution in [0.2, 0.25) is 5.02 Å². The topological polar surface area (TPSA) is 9.23 Å². The van der Waals surface area contributed by atoms with Crippen LogP contribution in [0.15, 0.2) is 40.9 Å². The summed E-state index contributed by atoms with van der Waals surface area (Å²) in [6.07, 6.45) is 0.295. The fraction of sp³-hybridized carbons (Fsp3) is 0.250. The van der Waals surface area contributed by atoms with Gasteiger partial charge in [0.25, 0.3) is 0 Å². The Morgan fingerprint density at radius 3 is 2.71 bits per heavy atom. The van der Waals surface area contributed by atoms with Crippen LogP contribution >= 0.6 is 39.1 Å². The molecular formula is C16H14BrCl2FO. The molecule has 0 aliphatic heterocycles. The van der Waals surface area contributed by atoms with E-state index in [9.17, 15) is 4.39 Å². The van der Waals surface area contributed by atoms with Crippen LogP contribution in [0.3, 0.4) is 0 Å². The average Bonchev–Trinajstić information content (AvgIpc) is 2.45. The Labute approximate surface area is 142 Å². The van der Waals surface area contributed by atoms with E-state index in [1.165, 1.54) is 6.07 Å². The summed E-state index contributed by atoms with van der Waals surface area (Å²) < 4.78 is 20.3. The first kappa shape index (κ1) is 16.6. The van der Waals surface area contributed by atoms with Crippen LogP contribution in [-0.2, 0) is 6.42 Å². The molecule has 0 N–H and O–H groups in total. The molecule has 0 aromatic heterocycles. The number of benzene rings is 2. The highest BCUT2D eigenvalue weighted by molar-refractivity contribution is 9.10. The molecule has 0 aliphatic carbocycles. The van der Waals surface area contributed by atoms with E-state index < -0.39 is 5.38 Å². The first-order chi connectivity index (χ1) is 10.0. The zero-order valence-electron chi connectivity index (χ0n) is 11.4. The van der Waals surface area contributed by atoms with Crippen LogP contribution in [-0.4, -0.2) is 6.61 Å². The molecule has 1 unspecified atom stereocenters. The van der Waals surface area contributed by atoms with Crippen LogP contribution in [0.1, 0.15) is 23.4 Å². The Kier molecular flexibility index (Phi) is 5.91. The van der Waals surface area contributed by atoms with Crippen molar-refractivity contribution in [1.29, 1.82) is 0 Å². The Bertz CT molecular complexity index is 613. The quantitative estimate of drug-likeness (QED) is 0.554. The summed E-state index contributed by atoms with van der Waals surface area (Å²) in [6.45, 7) is 2.45. The molecule has 0 saturated heterocycles. The number of hydrogen-bond donors (Lipinski definition) is 0. The average molecular weight is 392 g/mol. The molecule has 0 spiro atoms. The van der Waals surface area contributed by atoms with Gasteiger partial charge in [0.2, 0.25) is 0 Å². The van der Waals surface area contributed by atoms with Gasteiger partial charge < -0.3 is 4.74 Å². The lowest BCUT2D eigenvalue weighted by Gasteiger charge is -2.16. The first-order valence-corrected chi connectivity index (χ1v) is 8.12. The molecule has 0 bridgehead atoms. The van der Waals surface area contributed by atoms with Crippen molar-refractivity contribution >= 4 is 39.1 Å². The fourth-order valence-corrected chi connectivity index (χ4v) is 3.01. The van der Waals surface area contributed by atoms with Gasteiger partial charge in [-0.1, -0.05) is 33.6 Å². The third-order valence-corrected chi connectivity index (χ3v) is 4.29. The predicted octanol–water partition coefficient (Wildman–Crippen LogP) is 6.16. The van der Waals surface area contributed by atoms with Crippen LogP contribution in [0, 0.1) is 5.82 Å². The monoisotopic (exact) mass is 390 g/mol. The third kappa shape index (κ3) is 4.12. The van der Waals surface area contributed by atoms with Gasteiger partial charge in [0.1, 0.15) is 11.6 Å². The molecule has 0 radical (unpaired) electrons. The molecule has 112 valence electrons. The summed E-state index contributed by atoms with van der Waals surface area (Å²) in [5.74, 6) is 0.356. The number of ether oxygens (including phenoxy) is 1. The zero-order valence-corrected chi connectivity index (χ0v) is 14.5. The number of alkyl halides is 1. The number of hydrogen-bond acceptors (Lipinski definition) is 1. The van der Waals surface area contributed by atoms with E-state index >= 15 is 0 Å². The maximum absolute atomic E-state index is 13.9. The van der Waals surface area contributed by atoms with Gasteiger partial charge in [0.15, 0.2) is 0 Å². The lowest BCUT2D eigenvalue weighted by Crippen LogP contribution is -2.03. The Morgan fingerprint density at radius 1 is 1.29 bits per heavy atom. The maximum atomic E-state index is 13.9. The van der Waals surface area contributed by atoms with Crippen molar-refractivity contribution in [2.24, 2.45) is 0 Å². The lowest BCUT2D eigenvalue weighted by molar-refractivity contribution is 0.336. The van der Waals surface area contributed by atoms with Gasteiger partial charge >= 0.3 is 0 Å². The number of rotatable bonds is 5. The van der Waals surface area contributed by atoms with Crippen molar-refractivity contribution in [3.63, 3.8) is 0 Å². The zero-order chi connectivity index (χ0) is 15.4. The van der Waals surface area contributed by atoms with Gasteiger partial charge in [-0.15, -0.1) is 11.6 Å². The second-order valence-electron chi connectivity index (χ2n) is 4.49. The summed E-state index contributed by atoms with van der Waals surface area (Å²) in [7, 11) is 0. The van der Waals surface area contributed by atoms with Gasteiger partial charge in [-0.25, -0.2) is 4.39 Å². The van der Waals surface area contributed by atoms with Crippen molar-refractivity contribution in [2.75, 3.05) is 6.61 Å². The largest absolute Gasteiger partial charge is 0.494 e. The second kappa shape index (κ2) is 7.48. The highest BCUT2D eigenvalue weighted by Gasteiger charge is 2.18.